The quantitative estimate of drug-likeness (QED) is 0.860. The van der Waals surface area contributed by atoms with Gasteiger partial charge in [0.1, 0.15) is 6.10 Å². The van der Waals surface area contributed by atoms with Gasteiger partial charge >= 0.3 is 0 Å². The molecule has 0 aromatic carbocycles. The number of ether oxygens (including phenoxy) is 1. The van der Waals surface area contributed by atoms with Gasteiger partial charge in [0.05, 0.1) is 30.7 Å². The van der Waals surface area contributed by atoms with Crippen LogP contribution in [0.5, 0.6) is 0 Å². The summed E-state index contributed by atoms with van der Waals surface area (Å²) in [7, 11) is 0. The molecule has 0 N–H and O–H groups in total. The lowest BCUT2D eigenvalue weighted by molar-refractivity contribution is -0.0260. The zero-order valence-electron chi connectivity index (χ0n) is 12.6. The van der Waals surface area contributed by atoms with Crippen molar-refractivity contribution in [1.82, 2.24) is 20.0 Å². The van der Waals surface area contributed by atoms with Gasteiger partial charge in [0, 0.05) is 25.0 Å². The second-order valence-corrected chi connectivity index (χ2v) is 5.51. The first-order valence-corrected chi connectivity index (χ1v) is 7.28. The highest BCUT2D eigenvalue weighted by Crippen LogP contribution is 2.22. The zero-order valence-corrected chi connectivity index (χ0v) is 12.6. The topological polar surface area (TPSA) is 81.4 Å². The summed E-state index contributed by atoms with van der Waals surface area (Å²) in [4.78, 5) is 22.5. The molecule has 22 heavy (non-hydrogen) atoms. The Morgan fingerprint density at radius 1 is 1.41 bits per heavy atom. The fourth-order valence-electron chi connectivity index (χ4n) is 2.31. The number of amides is 1. The average molecular weight is 302 g/mol. The minimum atomic E-state index is -0.265. The molecular weight excluding hydrogens is 284 g/mol. The Balaban J connectivity index is 1.72. The molecular formula is C15H18N4O3. The summed E-state index contributed by atoms with van der Waals surface area (Å²) in [5.41, 5.74) is 1.50. The second kappa shape index (κ2) is 6.23. The van der Waals surface area contributed by atoms with Gasteiger partial charge in [-0.2, -0.15) is 0 Å². The predicted octanol–water partition coefficient (Wildman–Crippen LogP) is 1.80. The van der Waals surface area contributed by atoms with Crippen molar-refractivity contribution in [3.63, 3.8) is 0 Å². The van der Waals surface area contributed by atoms with Crippen molar-refractivity contribution in [2.24, 2.45) is 0 Å². The summed E-state index contributed by atoms with van der Waals surface area (Å²) in [6.45, 7) is 5.41. The number of carbonyl (C=O) groups excluding carboxylic acids is 1. The Hall–Kier alpha value is -2.28. The minimum absolute atomic E-state index is 0.170. The van der Waals surface area contributed by atoms with Gasteiger partial charge in [0.15, 0.2) is 0 Å². The molecule has 0 aliphatic carbocycles. The van der Waals surface area contributed by atoms with E-state index >= 15 is 0 Å². The van der Waals surface area contributed by atoms with Crippen LogP contribution in [0, 0.1) is 0 Å². The van der Waals surface area contributed by atoms with Gasteiger partial charge in [-0.25, -0.2) is 0 Å². The fraction of sp³-hybridized carbons (Fsp3) is 0.467. The summed E-state index contributed by atoms with van der Waals surface area (Å²) in [5, 5.41) is 3.93. The van der Waals surface area contributed by atoms with E-state index in [2.05, 4.69) is 15.1 Å². The molecule has 2 aromatic rings. The Kier molecular flexibility index (Phi) is 4.15. The normalized spacial score (nSPS) is 18.7. The van der Waals surface area contributed by atoms with Crippen molar-refractivity contribution in [3.8, 4) is 0 Å². The van der Waals surface area contributed by atoms with Crippen LogP contribution in [-0.2, 0) is 4.74 Å². The first kappa shape index (κ1) is 14.6. The van der Waals surface area contributed by atoms with E-state index in [0.717, 1.165) is 11.4 Å². The van der Waals surface area contributed by atoms with Crippen molar-refractivity contribution in [2.75, 3.05) is 19.7 Å². The van der Waals surface area contributed by atoms with Crippen molar-refractivity contribution in [2.45, 2.75) is 25.9 Å². The van der Waals surface area contributed by atoms with Crippen LogP contribution in [0.1, 0.15) is 47.8 Å². The monoisotopic (exact) mass is 302 g/mol. The Bertz CT molecular complexity index is 641. The molecule has 0 saturated carbocycles. The van der Waals surface area contributed by atoms with Gasteiger partial charge < -0.3 is 14.2 Å². The lowest BCUT2D eigenvalue weighted by Crippen LogP contribution is -2.42. The number of nitrogens with zero attached hydrogens (tertiary/aromatic N) is 4. The van der Waals surface area contributed by atoms with Crippen molar-refractivity contribution in [3.05, 3.63) is 41.8 Å². The van der Waals surface area contributed by atoms with Crippen LogP contribution in [0.25, 0.3) is 0 Å². The fourth-order valence-corrected chi connectivity index (χ4v) is 2.31. The molecule has 1 fully saturated rings. The van der Waals surface area contributed by atoms with Crippen molar-refractivity contribution < 1.29 is 14.1 Å². The van der Waals surface area contributed by atoms with Crippen LogP contribution in [0.15, 0.2) is 29.2 Å². The molecule has 1 saturated heterocycles. The maximum Gasteiger partial charge on any atom is 0.292 e. The molecule has 1 unspecified atom stereocenters. The summed E-state index contributed by atoms with van der Waals surface area (Å²) in [5.74, 6) is 0.322. The van der Waals surface area contributed by atoms with E-state index < -0.39 is 0 Å². The third-order valence-corrected chi connectivity index (χ3v) is 3.60. The lowest BCUT2D eigenvalue weighted by atomic mass is 10.1. The molecule has 1 aliphatic heterocycles. The molecule has 0 spiro atoms. The zero-order chi connectivity index (χ0) is 15.5. The second-order valence-electron chi connectivity index (χ2n) is 5.51. The van der Waals surface area contributed by atoms with E-state index in [1.807, 2.05) is 13.8 Å². The van der Waals surface area contributed by atoms with Crippen LogP contribution >= 0.6 is 0 Å². The molecule has 2 aromatic heterocycles. The van der Waals surface area contributed by atoms with Crippen LogP contribution in [0.3, 0.4) is 0 Å². The summed E-state index contributed by atoms with van der Waals surface area (Å²) in [6, 6.07) is 1.71. The third-order valence-electron chi connectivity index (χ3n) is 3.60. The van der Waals surface area contributed by atoms with E-state index in [0.29, 0.717) is 19.7 Å². The number of hydrogen-bond acceptors (Lipinski definition) is 6. The number of aromatic nitrogens is 3. The highest BCUT2D eigenvalue weighted by molar-refractivity contribution is 5.91. The van der Waals surface area contributed by atoms with Crippen LogP contribution < -0.4 is 0 Å². The molecule has 7 heteroatoms. The Morgan fingerprint density at radius 3 is 2.95 bits per heavy atom. The highest BCUT2D eigenvalue weighted by atomic mass is 16.5. The molecule has 1 atom stereocenters. The minimum Gasteiger partial charge on any atom is -0.368 e. The molecule has 0 bridgehead atoms. The average Bonchev–Trinajstić information content (AvgIpc) is 3.05. The Labute approximate surface area is 128 Å². The molecule has 7 nitrogen and oxygen atoms in total. The van der Waals surface area contributed by atoms with Gasteiger partial charge in [0.2, 0.25) is 5.76 Å². The SMILES string of the molecule is CC(C)c1cc(C(=O)N2CCOC(c3cnccn3)C2)on1. The van der Waals surface area contributed by atoms with Gasteiger partial charge in [-0.15, -0.1) is 0 Å². The summed E-state index contributed by atoms with van der Waals surface area (Å²) in [6.07, 6.45) is 4.62. The number of hydrogen-bond donors (Lipinski definition) is 0. The van der Waals surface area contributed by atoms with Crippen molar-refractivity contribution in [1.29, 1.82) is 0 Å². The molecule has 3 rings (SSSR count). The van der Waals surface area contributed by atoms with E-state index in [4.69, 9.17) is 9.26 Å². The summed E-state index contributed by atoms with van der Waals surface area (Å²) < 4.78 is 10.9. The van der Waals surface area contributed by atoms with E-state index in [9.17, 15) is 4.79 Å². The van der Waals surface area contributed by atoms with Crippen molar-refractivity contribution >= 4 is 5.91 Å². The standard InChI is InChI=1S/C15H18N4O3/c1-10(2)11-7-13(22-18-11)15(20)19-5-6-21-14(9-19)12-8-16-3-4-17-12/h3-4,7-8,10,14H,5-6,9H2,1-2H3. The molecule has 0 radical (unpaired) electrons. The molecule has 3 heterocycles. The number of morpholine rings is 1. The van der Waals surface area contributed by atoms with Gasteiger partial charge in [0.25, 0.3) is 5.91 Å². The number of rotatable bonds is 3. The van der Waals surface area contributed by atoms with E-state index in [-0.39, 0.29) is 23.7 Å². The first-order valence-electron chi connectivity index (χ1n) is 7.28. The van der Waals surface area contributed by atoms with Crippen LogP contribution in [-0.4, -0.2) is 45.6 Å². The van der Waals surface area contributed by atoms with Gasteiger partial charge in [-0.05, 0) is 5.92 Å². The van der Waals surface area contributed by atoms with Gasteiger partial charge in [-0.1, -0.05) is 19.0 Å². The first-order chi connectivity index (χ1) is 10.6. The van der Waals surface area contributed by atoms with Gasteiger partial charge in [-0.3, -0.25) is 14.8 Å². The maximum atomic E-state index is 12.5. The third kappa shape index (κ3) is 2.99. The van der Waals surface area contributed by atoms with E-state index in [1.165, 1.54) is 0 Å². The molecule has 1 aliphatic rings. The molecule has 116 valence electrons. The van der Waals surface area contributed by atoms with E-state index in [1.54, 1.807) is 29.6 Å². The van der Waals surface area contributed by atoms with Crippen LogP contribution in [0.4, 0.5) is 0 Å². The number of carbonyl (C=O) groups is 1. The Morgan fingerprint density at radius 2 is 2.27 bits per heavy atom. The maximum absolute atomic E-state index is 12.5. The van der Waals surface area contributed by atoms with Crippen LogP contribution in [0.2, 0.25) is 0 Å². The smallest absolute Gasteiger partial charge is 0.292 e. The largest absolute Gasteiger partial charge is 0.368 e. The highest BCUT2D eigenvalue weighted by Gasteiger charge is 2.29. The lowest BCUT2D eigenvalue weighted by Gasteiger charge is -2.31. The molecule has 1 amide bonds. The predicted molar refractivity (Wildman–Crippen MR) is 77.2 cm³/mol. The summed E-state index contributed by atoms with van der Waals surface area (Å²) >= 11 is 0.